The first-order valence-corrected chi connectivity index (χ1v) is 6.52. The summed E-state index contributed by atoms with van der Waals surface area (Å²) in [7, 11) is 0. The van der Waals surface area contributed by atoms with Crippen LogP contribution in [0.2, 0.25) is 0 Å². The molecule has 0 aromatic heterocycles. The second-order valence-electron chi connectivity index (χ2n) is 3.68. The highest BCUT2D eigenvalue weighted by atomic mass is 32.2. The summed E-state index contributed by atoms with van der Waals surface area (Å²) in [5.74, 6) is 3.04. The van der Waals surface area contributed by atoms with Crippen molar-refractivity contribution in [3.63, 3.8) is 0 Å². The molecule has 0 unspecified atom stereocenters. The van der Waals surface area contributed by atoms with E-state index in [0.29, 0.717) is 16.6 Å². The molecule has 1 heterocycles. The molecule has 0 saturated carbocycles. The van der Waals surface area contributed by atoms with E-state index in [-0.39, 0.29) is 0 Å². The Balaban J connectivity index is 2.35. The predicted molar refractivity (Wildman–Crippen MR) is 58.8 cm³/mol. The van der Waals surface area contributed by atoms with E-state index >= 15 is 0 Å². The van der Waals surface area contributed by atoms with Gasteiger partial charge in [0.25, 0.3) is 0 Å². The Morgan fingerprint density at radius 1 is 1.42 bits per heavy atom. The Labute approximate surface area is 83.7 Å². The van der Waals surface area contributed by atoms with E-state index in [9.17, 15) is 0 Å². The molecule has 0 amide bonds. The highest BCUT2D eigenvalue weighted by molar-refractivity contribution is 8.18. The molecule has 72 valence electrons. The van der Waals surface area contributed by atoms with Crippen molar-refractivity contribution in [2.75, 3.05) is 18.1 Å². The van der Waals surface area contributed by atoms with Gasteiger partial charge in [0.2, 0.25) is 0 Å². The van der Waals surface area contributed by atoms with Gasteiger partial charge in [-0.2, -0.15) is 0 Å². The molecule has 1 fully saturated rings. The number of aliphatic hydroxyl groups is 1. The zero-order valence-electron chi connectivity index (χ0n) is 7.88. The van der Waals surface area contributed by atoms with Gasteiger partial charge in [0.15, 0.2) is 0 Å². The summed E-state index contributed by atoms with van der Waals surface area (Å²) >= 11 is 4.12. The van der Waals surface area contributed by atoms with Crippen LogP contribution in [0.4, 0.5) is 0 Å². The van der Waals surface area contributed by atoms with Crippen LogP contribution < -0.4 is 0 Å². The Bertz CT molecular complexity index is 132. The van der Waals surface area contributed by atoms with Crippen molar-refractivity contribution >= 4 is 23.5 Å². The van der Waals surface area contributed by atoms with Gasteiger partial charge in [-0.1, -0.05) is 6.92 Å². The molecule has 3 heteroatoms. The Morgan fingerprint density at radius 2 is 2.00 bits per heavy atom. The SMILES string of the molecule is C[C@H](CO)CC1(C)SCCCS1. The molecule has 0 aromatic rings. The number of thioether (sulfide) groups is 2. The van der Waals surface area contributed by atoms with Gasteiger partial charge in [-0.25, -0.2) is 0 Å². The minimum Gasteiger partial charge on any atom is -0.396 e. The summed E-state index contributed by atoms with van der Waals surface area (Å²) in [6.07, 6.45) is 2.48. The monoisotopic (exact) mass is 206 g/mol. The quantitative estimate of drug-likeness (QED) is 0.766. The Morgan fingerprint density at radius 3 is 2.50 bits per heavy atom. The average molecular weight is 206 g/mol. The molecule has 12 heavy (non-hydrogen) atoms. The van der Waals surface area contributed by atoms with Crippen LogP contribution in [0.15, 0.2) is 0 Å². The zero-order chi connectivity index (χ0) is 9.03. The third-order valence-electron chi connectivity index (χ3n) is 2.13. The first-order chi connectivity index (χ1) is 5.66. The van der Waals surface area contributed by atoms with Crippen LogP contribution in [0.5, 0.6) is 0 Å². The van der Waals surface area contributed by atoms with Crippen LogP contribution in [-0.4, -0.2) is 27.3 Å². The normalized spacial score (nSPS) is 25.2. The highest BCUT2D eigenvalue weighted by Gasteiger charge is 2.29. The van der Waals surface area contributed by atoms with Crippen LogP contribution in [-0.2, 0) is 0 Å². The Kier molecular flexibility index (Phi) is 4.27. The van der Waals surface area contributed by atoms with Crippen LogP contribution >= 0.6 is 23.5 Å². The maximum absolute atomic E-state index is 8.96. The minimum atomic E-state index is 0.330. The molecular formula is C9H18OS2. The topological polar surface area (TPSA) is 20.2 Å². The molecule has 1 rings (SSSR count). The molecule has 1 aliphatic rings. The van der Waals surface area contributed by atoms with Gasteiger partial charge in [0.1, 0.15) is 0 Å². The largest absolute Gasteiger partial charge is 0.396 e. The van der Waals surface area contributed by atoms with Crippen molar-refractivity contribution in [3.8, 4) is 0 Å². The fourth-order valence-electron chi connectivity index (χ4n) is 1.49. The maximum atomic E-state index is 8.96. The van der Waals surface area contributed by atoms with Crippen LogP contribution in [0.1, 0.15) is 26.7 Å². The number of hydrogen-bond donors (Lipinski definition) is 1. The van der Waals surface area contributed by atoms with Crippen molar-refractivity contribution in [1.82, 2.24) is 0 Å². The van der Waals surface area contributed by atoms with E-state index < -0.39 is 0 Å². The minimum absolute atomic E-state index is 0.330. The standard InChI is InChI=1S/C9H18OS2/c1-8(7-10)6-9(2)11-4-3-5-12-9/h8,10H,3-7H2,1-2H3/t8-/m0/s1. The molecule has 1 aliphatic heterocycles. The van der Waals surface area contributed by atoms with Crippen molar-refractivity contribution in [2.45, 2.75) is 30.8 Å². The summed E-state index contributed by atoms with van der Waals surface area (Å²) in [5.41, 5.74) is 0. The van der Waals surface area contributed by atoms with Gasteiger partial charge in [-0.3, -0.25) is 0 Å². The van der Waals surface area contributed by atoms with Crippen molar-refractivity contribution in [1.29, 1.82) is 0 Å². The third-order valence-corrected chi connectivity index (χ3v) is 5.38. The number of rotatable bonds is 3. The Hall–Kier alpha value is 0.660. The lowest BCUT2D eigenvalue weighted by Crippen LogP contribution is -2.24. The van der Waals surface area contributed by atoms with Crippen LogP contribution in [0, 0.1) is 5.92 Å². The molecule has 0 radical (unpaired) electrons. The van der Waals surface area contributed by atoms with E-state index in [2.05, 4.69) is 37.4 Å². The summed E-state index contributed by atoms with van der Waals surface area (Å²) in [5, 5.41) is 8.96. The summed E-state index contributed by atoms with van der Waals surface area (Å²) in [6, 6.07) is 0. The molecule has 1 atom stereocenters. The highest BCUT2D eigenvalue weighted by Crippen LogP contribution is 2.45. The van der Waals surface area contributed by atoms with Gasteiger partial charge in [-0.15, -0.1) is 23.5 Å². The van der Waals surface area contributed by atoms with Crippen LogP contribution in [0.3, 0.4) is 0 Å². The lowest BCUT2D eigenvalue weighted by molar-refractivity contribution is 0.228. The second-order valence-corrected chi connectivity index (χ2v) is 7.13. The molecule has 1 nitrogen and oxygen atoms in total. The van der Waals surface area contributed by atoms with Crippen molar-refractivity contribution < 1.29 is 5.11 Å². The molecule has 0 aromatic carbocycles. The van der Waals surface area contributed by atoms with E-state index in [1.54, 1.807) is 0 Å². The lowest BCUT2D eigenvalue weighted by atomic mass is 10.1. The fraction of sp³-hybridized carbons (Fsp3) is 1.00. The molecule has 0 aliphatic carbocycles. The predicted octanol–water partition coefficient (Wildman–Crippen LogP) is 2.59. The molecule has 1 saturated heterocycles. The summed E-state index contributed by atoms with van der Waals surface area (Å²) < 4.78 is 0.375. The lowest BCUT2D eigenvalue weighted by Gasteiger charge is -2.34. The molecular weight excluding hydrogens is 188 g/mol. The summed E-state index contributed by atoms with van der Waals surface area (Å²) in [4.78, 5) is 0. The summed E-state index contributed by atoms with van der Waals surface area (Å²) in [6.45, 7) is 4.77. The second kappa shape index (κ2) is 4.77. The van der Waals surface area contributed by atoms with Gasteiger partial charge in [0.05, 0.1) is 4.08 Å². The van der Waals surface area contributed by atoms with E-state index in [0.717, 1.165) is 6.42 Å². The van der Waals surface area contributed by atoms with Gasteiger partial charge >= 0.3 is 0 Å². The average Bonchev–Trinajstić information content (AvgIpc) is 2.05. The molecule has 0 spiro atoms. The van der Waals surface area contributed by atoms with E-state index in [1.807, 2.05) is 0 Å². The maximum Gasteiger partial charge on any atom is 0.0586 e. The van der Waals surface area contributed by atoms with E-state index in [1.165, 1.54) is 17.9 Å². The number of aliphatic hydroxyl groups excluding tert-OH is 1. The smallest absolute Gasteiger partial charge is 0.0586 e. The van der Waals surface area contributed by atoms with Gasteiger partial charge in [-0.05, 0) is 37.2 Å². The first kappa shape index (κ1) is 10.7. The molecule has 1 N–H and O–H groups in total. The van der Waals surface area contributed by atoms with Crippen molar-refractivity contribution in [3.05, 3.63) is 0 Å². The zero-order valence-corrected chi connectivity index (χ0v) is 9.51. The van der Waals surface area contributed by atoms with Crippen LogP contribution in [0.25, 0.3) is 0 Å². The molecule has 0 bridgehead atoms. The number of hydrogen-bond acceptors (Lipinski definition) is 3. The van der Waals surface area contributed by atoms with Gasteiger partial charge < -0.3 is 5.11 Å². The first-order valence-electron chi connectivity index (χ1n) is 4.55. The van der Waals surface area contributed by atoms with E-state index in [4.69, 9.17) is 5.11 Å². The fourth-order valence-corrected chi connectivity index (χ4v) is 4.75. The van der Waals surface area contributed by atoms with Gasteiger partial charge in [0, 0.05) is 6.61 Å². The van der Waals surface area contributed by atoms with Crippen molar-refractivity contribution in [2.24, 2.45) is 5.92 Å². The third kappa shape index (κ3) is 3.19.